The molecule has 0 unspecified atom stereocenters. The lowest BCUT2D eigenvalue weighted by Gasteiger charge is -2.20. The number of fused-ring (bicyclic) bond motifs is 8. The van der Waals surface area contributed by atoms with Gasteiger partial charge in [-0.25, -0.2) is 18.2 Å². The van der Waals surface area contributed by atoms with Gasteiger partial charge in [0.1, 0.15) is 28.5 Å². The van der Waals surface area contributed by atoms with Gasteiger partial charge in [0.25, 0.3) is 0 Å². The molecule has 10 heteroatoms. The van der Waals surface area contributed by atoms with Gasteiger partial charge < -0.3 is 28.1 Å². The van der Waals surface area contributed by atoms with E-state index in [1.165, 1.54) is 0 Å². The summed E-state index contributed by atoms with van der Waals surface area (Å²) in [5.74, 6) is -0.697. The van der Waals surface area contributed by atoms with Crippen molar-refractivity contribution in [3.05, 3.63) is 59.9 Å². The van der Waals surface area contributed by atoms with Crippen molar-refractivity contribution >= 4 is 43.4 Å². The minimum absolute atomic E-state index is 0.231. The molecule has 0 bridgehead atoms. The number of halogens is 3. The summed E-state index contributed by atoms with van der Waals surface area (Å²) in [6.07, 6.45) is 14.8. The fraction of sp³-hybridized carbons (Fsp3) is 0.500. The van der Waals surface area contributed by atoms with Gasteiger partial charge in [0.05, 0.1) is 33.0 Å². The van der Waals surface area contributed by atoms with Crippen LogP contribution in [0.25, 0.3) is 54.9 Å². The monoisotopic (exact) mass is 829 g/mol. The molecule has 0 radical (unpaired) electrons. The molecule has 0 aliphatic carbocycles. The Labute approximate surface area is 352 Å². The molecule has 0 amide bonds. The van der Waals surface area contributed by atoms with Crippen LogP contribution in [0.4, 0.5) is 13.2 Å². The Balaban J connectivity index is 1.70. The topological polar surface area (TPSA) is 72.2 Å². The summed E-state index contributed by atoms with van der Waals surface area (Å²) in [5.41, 5.74) is 0.0231. The van der Waals surface area contributed by atoms with Crippen molar-refractivity contribution in [3.63, 3.8) is 0 Å². The number of aromatic nitrogens is 1. The first kappa shape index (κ1) is 44.7. The summed E-state index contributed by atoms with van der Waals surface area (Å²) >= 11 is 0. The van der Waals surface area contributed by atoms with E-state index >= 15 is 8.78 Å². The zero-order valence-electron chi connectivity index (χ0n) is 36.2. The van der Waals surface area contributed by atoms with Crippen LogP contribution in [0.15, 0.2) is 46.9 Å². The summed E-state index contributed by atoms with van der Waals surface area (Å²) in [6.45, 7) is 13.3. The predicted molar refractivity (Wildman–Crippen MR) is 237 cm³/mol. The van der Waals surface area contributed by atoms with E-state index < -0.39 is 23.0 Å². The second kappa shape index (κ2) is 22.1. The lowest BCUT2D eigenvalue weighted by molar-refractivity contribution is 0.260. The Morgan fingerprint density at radius 2 is 0.767 bits per heavy atom. The van der Waals surface area contributed by atoms with Crippen LogP contribution in [0.2, 0.25) is 0 Å². The van der Waals surface area contributed by atoms with Gasteiger partial charge in [0, 0.05) is 17.5 Å². The van der Waals surface area contributed by atoms with Gasteiger partial charge in [-0.3, -0.25) is 0 Å². The molecule has 0 fully saturated rings. The Kier molecular flexibility index (Phi) is 16.5. The number of unbranched alkanes of at least 4 members (excludes halogenated alkanes) is 10. The van der Waals surface area contributed by atoms with E-state index in [0.717, 1.165) is 123 Å². The highest BCUT2D eigenvalue weighted by Crippen LogP contribution is 2.49. The van der Waals surface area contributed by atoms with Gasteiger partial charge in [-0.1, -0.05) is 98.8 Å². The zero-order valence-corrected chi connectivity index (χ0v) is 36.2. The lowest BCUT2D eigenvalue weighted by Crippen LogP contribution is -2.04. The van der Waals surface area contributed by atoms with Gasteiger partial charge in [0.15, 0.2) is 34.3 Å². The van der Waals surface area contributed by atoms with E-state index in [1.54, 1.807) is 0 Å². The summed E-state index contributed by atoms with van der Waals surface area (Å²) in [7, 11) is 0. The fourth-order valence-corrected chi connectivity index (χ4v) is 7.62. The Morgan fingerprint density at radius 3 is 1.15 bits per heavy atom. The Morgan fingerprint density at radius 1 is 0.433 bits per heavy atom. The molecule has 0 aliphatic rings. The van der Waals surface area contributed by atoms with E-state index in [9.17, 15) is 4.39 Å². The standard InChI is InChI=1S/C50H62F3NO6/c1-6-11-16-21-55-41-28-34-35-29-43(57-23-18-13-8-3)44(58-24-19-14-9-4)31-37(35)46-38(36(34)30-42(41)56-22-17-12-7-2)32-45(59-25-20-15-10-5)49-48(46)54-50(60-49)47-39(52)26-33(51)27-40(47)53/h26-32H,6-25H2,1-5H3. The number of benzene rings is 5. The second-order valence-electron chi connectivity index (χ2n) is 15.7. The molecule has 7 nitrogen and oxygen atoms in total. The molecule has 60 heavy (non-hydrogen) atoms. The van der Waals surface area contributed by atoms with Crippen molar-refractivity contribution in [3.8, 4) is 40.2 Å². The maximum atomic E-state index is 15.4. The number of hydrogen-bond donors (Lipinski definition) is 0. The van der Waals surface area contributed by atoms with Crippen molar-refractivity contribution in [2.75, 3.05) is 33.0 Å². The minimum Gasteiger partial charge on any atom is -0.490 e. The summed E-state index contributed by atoms with van der Waals surface area (Å²) in [6, 6.07) is 11.3. The molecule has 324 valence electrons. The van der Waals surface area contributed by atoms with Crippen molar-refractivity contribution in [2.24, 2.45) is 0 Å². The van der Waals surface area contributed by atoms with Crippen LogP contribution in [0.3, 0.4) is 0 Å². The first-order chi connectivity index (χ1) is 29.3. The molecule has 1 heterocycles. The molecule has 0 N–H and O–H groups in total. The molecule has 0 saturated heterocycles. The zero-order chi connectivity index (χ0) is 42.4. The SMILES string of the molecule is CCCCCOc1cc2c3cc(OCCCCC)c(OCCCCC)cc3c3c(cc(OCCCCC)c4oc(-c5c(F)cc(F)cc5F)nc43)c2cc1OCCCCC. The molecular formula is C50H62F3NO6. The minimum atomic E-state index is -1.12. The first-order valence-corrected chi connectivity index (χ1v) is 22.5. The molecule has 0 aliphatic heterocycles. The highest BCUT2D eigenvalue weighted by Gasteiger charge is 2.26. The molecule has 6 rings (SSSR count). The van der Waals surface area contributed by atoms with Gasteiger partial charge >= 0.3 is 0 Å². The van der Waals surface area contributed by atoms with Crippen LogP contribution in [-0.4, -0.2) is 38.0 Å². The number of hydrogen-bond acceptors (Lipinski definition) is 7. The van der Waals surface area contributed by atoms with Crippen molar-refractivity contribution in [2.45, 2.75) is 131 Å². The lowest BCUT2D eigenvalue weighted by atomic mass is 9.92. The largest absolute Gasteiger partial charge is 0.490 e. The maximum absolute atomic E-state index is 15.4. The van der Waals surface area contributed by atoms with Crippen molar-refractivity contribution in [1.82, 2.24) is 4.98 Å². The van der Waals surface area contributed by atoms with Gasteiger partial charge in [-0.05, 0) is 89.4 Å². The quantitative estimate of drug-likeness (QED) is 0.0398. The van der Waals surface area contributed by atoms with Crippen LogP contribution >= 0.6 is 0 Å². The third-order valence-electron chi connectivity index (χ3n) is 10.9. The van der Waals surface area contributed by atoms with E-state index in [2.05, 4.69) is 40.7 Å². The van der Waals surface area contributed by atoms with E-state index in [-0.39, 0.29) is 11.5 Å². The first-order valence-electron chi connectivity index (χ1n) is 22.5. The Bertz CT molecular complexity index is 2270. The third kappa shape index (κ3) is 10.5. The number of ether oxygens (including phenoxy) is 5. The molecule has 0 saturated carbocycles. The van der Waals surface area contributed by atoms with Crippen molar-refractivity contribution < 1.29 is 41.3 Å². The van der Waals surface area contributed by atoms with Gasteiger partial charge in [-0.15, -0.1) is 0 Å². The highest BCUT2D eigenvalue weighted by atomic mass is 19.1. The molecular weight excluding hydrogens is 768 g/mol. The highest BCUT2D eigenvalue weighted by molar-refractivity contribution is 6.32. The van der Waals surface area contributed by atoms with Crippen LogP contribution in [0.5, 0.6) is 28.7 Å². The molecule has 0 spiro atoms. The molecule has 1 aromatic heterocycles. The average molecular weight is 830 g/mol. The normalized spacial score (nSPS) is 11.7. The van der Waals surface area contributed by atoms with E-state index in [0.29, 0.717) is 84.8 Å². The number of oxazole rings is 1. The summed E-state index contributed by atoms with van der Waals surface area (Å²) < 4.78 is 83.7. The molecule has 5 aromatic carbocycles. The van der Waals surface area contributed by atoms with Gasteiger partial charge in [-0.2, -0.15) is 0 Å². The Hall–Kier alpha value is -4.86. The summed E-state index contributed by atoms with van der Waals surface area (Å²) in [5, 5.41) is 4.83. The summed E-state index contributed by atoms with van der Waals surface area (Å²) in [4.78, 5) is 4.82. The number of rotatable bonds is 26. The van der Waals surface area contributed by atoms with Crippen LogP contribution in [0.1, 0.15) is 131 Å². The average Bonchev–Trinajstić information content (AvgIpc) is 3.67. The van der Waals surface area contributed by atoms with Crippen LogP contribution < -0.4 is 23.7 Å². The second-order valence-corrected chi connectivity index (χ2v) is 15.7. The van der Waals surface area contributed by atoms with Crippen molar-refractivity contribution in [1.29, 1.82) is 0 Å². The molecule has 6 aromatic rings. The van der Waals surface area contributed by atoms with Crippen LogP contribution in [-0.2, 0) is 0 Å². The number of nitrogens with zero attached hydrogens (tertiary/aromatic N) is 1. The maximum Gasteiger partial charge on any atom is 0.233 e. The predicted octanol–water partition coefficient (Wildman–Crippen LogP) is 15.2. The fourth-order valence-electron chi connectivity index (χ4n) is 7.62. The van der Waals surface area contributed by atoms with E-state index in [4.69, 9.17) is 33.1 Å². The third-order valence-corrected chi connectivity index (χ3v) is 10.9. The van der Waals surface area contributed by atoms with E-state index in [1.807, 2.05) is 24.3 Å². The van der Waals surface area contributed by atoms with Gasteiger partial charge in [0.2, 0.25) is 5.89 Å². The van der Waals surface area contributed by atoms with Crippen LogP contribution in [0, 0.1) is 17.5 Å². The smallest absolute Gasteiger partial charge is 0.233 e. The molecule has 0 atom stereocenters.